The monoisotopic (exact) mass is 272 g/mol. The van der Waals surface area contributed by atoms with Gasteiger partial charge in [-0.15, -0.1) is 0 Å². The van der Waals surface area contributed by atoms with E-state index in [0.717, 1.165) is 19.1 Å². The highest BCUT2D eigenvalue weighted by molar-refractivity contribution is 5.27. The zero-order valence-corrected chi connectivity index (χ0v) is 12.6. The van der Waals surface area contributed by atoms with E-state index in [1.165, 1.54) is 58.0 Å². The Labute approximate surface area is 123 Å². The molecule has 0 radical (unpaired) electrons. The molecule has 2 aliphatic rings. The Balaban J connectivity index is 1.46. The normalized spacial score (nSPS) is 21.4. The summed E-state index contributed by atoms with van der Waals surface area (Å²) in [4.78, 5) is 2.63. The SMILES string of the molecule is c1ccc2c(c1)CCCN(CCNC1CCCCC1)C2. The molecule has 1 saturated carbocycles. The molecule has 0 amide bonds. The summed E-state index contributed by atoms with van der Waals surface area (Å²) in [5, 5.41) is 3.77. The largest absolute Gasteiger partial charge is 0.313 e. The first kappa shape index (κ1) is 14.1. The minimum atomic E-state index is 0.794. The fourth-order valence-electron chi connectivity index (χ4n) is 3.69. The van der Waals surface area contributed by atoms with E-state index in [1.54, 1.807) is 11.1 Å². The number of aryl methyl sites for hydroxylation is 1. The third kappa shape index (κ3) is 3.83. The highest BCUT2D eigenvalue weighted by Crippen LogP contribution is 2.19. The number of benzene rings is 1. The molecule has 1 aromatic rings. The maximum Gasteiger partial charge on any atom is 0.0237 e. The van der Waals surface area contributed by atoms with Gasteiger partial charge in [-0.3, -0.25) is 4.90 Å². The van der Waals surface area contributed by atoms with Gasteiger partial charge in [0.2, 0.25) is 0 Å². The second kappa shape index (κ2) is 7.24. The van der Waals surface area contributed by atoms with E-state index in [-0.39, 0.29) is 0 Å². The molecule has 1 aliphatic heterocycles. The van der Waals surface area contributed by atoms with Crippen LogP contribution in [0.3, 0.4) is 0 Å². The van der Waals surface area contributed by atoms with E-state index in [2.05, 4.69) is 34.5 Å². The van der Waals surface area contributed by atoms with Crippen LogP contribution in [0.2, 0.25) is 0 Å². The van der Waals surface area contributed by atoms with Crippen molar-refractivity contribution >= 4 is 0 Å². The number of fused-ring (bicyclic) bond motifs is 1. The van der Waals surface area contributed by atoms with Gasteiger partial charge < -0.3 is 5.32 Å². The standard InChI is InChI=1S/C18H28N2/c1-2-10-18(11-3-1)19-12-14-20-13-6-9-16-7-4-5-8-17(16)15-20/h4-5,7-8,18-19H,1-3,6,9-15H2. The highest BCUT2D eigenvalue weighted by atomic mass is 15.1. The Bertz CT molecular complexity index is 410. The van der Waals surface area contributed by atoms with E-state index in [1.807, 2.05) is 0 Å². The highest BCUT2D eigenvalue weighted by Gasteiger charge is 2.15. The lowest BCUT2D eigenvalue weighted by Gasteiger charge is -2.25. The number of rotatable bonds is 4. The maximum atomic E-state index is 3.77. The van der Waals surface area contributed by atoms with Crippen LogP contribution in [-0.2, 0) is 13.0 Å². The zero-order chi connectivity index (χ0) is 13.6. The number of hydrogen-bond donors (Lipinski definition) is 1. The molecule has 1 N–H and O–H groups in total. The fraction of sp³-hybridized carbons (Fsp3) is 0.667. The van der Waals surface area contributed by atoms with Gasteiger partial charge in [0.1, 0.15) is 0 Å². The predicted molar refractivity (Wildman–Crippen MR) is 84.9 cm³/mol. The van der Waals surface area contributed by atoms with Crippen LogP contribution < -0.4 is 5.32 Å². The second-order valence-electron chi connectivity index (χ2n) is 6.44. The third-order valence-corrected chi connectivity index (χ3v) is 4.90. The summed E-state index contributed by atoms with van der Waals surface area (Å²) >= 11 is 0. The summed E-state index contributed by atoms with van der Waals surface area (Å²) in [6, 6.07) is 9.77. The van der Waals surface area contributed by atoms with E-state index in [4.69, 9.17) is 0 Å². The minimum Gasteiger partial charge on any atom is -0.313 e. The number of nitrogens with one attached hydrogen (secondary N) is 1. The Hall–Kier alpha value is -0.860. The fourth-order valence-corrected chi connectivity index (χ4v) is 3.69. The van der Waals surface area contributed by atoms with Gasteiger partial charge in [0.15, 0.2) is 0 Å². The molecular formula is C18H28N2. The third-order valence-electron chi connectivity index (χ3n) is 4.90. The Kier molecular flexibility index (Phi) is 5.10. The van der Waals surface area contributed by atoms with Crippen LogP contribution in [0, 0.1) is 0 Å². The molecule has 0 bridgehead atoms. The Morgan fingerprint density at radius 1 is 1.00 bits per heavy atom. The van der Waals surface area contributed by atoms with E-state index >= 15 is 0 Å². The number of hydrogen-bond acceptors (Lipinski definition) is 2. The van der Waals surface area contributed by atoms with Crippen molar-refractivity contribution in [2.45, 2.75) is 57.5 Å². The van der Waals surface area contributed by atoms with Gasteiger partial charge in [-0.1, -0.05) is 43.5 Å². The summed E-state index contributed by atoms with van der Waals surface area (Å²) < 4.78 is 0. The molecule has 0 aromatic heterocycles. The van der Waals surface area contributed by atoms with Crippen molar-refractivity contribution in [3.05, 3.63) is 35.4 Å². The van der Waals surface area contributed by atoms with E-state index < -0.39 is 0 Å². The van der Waals surface area contributed by atoms with Gasteiger partial charge in [-0.25, -0.2) is 0 Å². The predicted octanol–water partition coefficient (Wildman–Crippen LogP) is 3.36. The van der Waals surface area contributed by atoms with Crippen LogP contribution in [0.5, 0.6) is 0 Å². The van der Waals surface area contributed by atoms with E-state index in [0.29, 0.717) is 0 Å². The lowest BCUT2D eigenvalue weighted by molar-refractivity contribution is 0.257. The Morgan fingerprint density at radius 3 is 2.65 bits per heavy atom. The van der Waals surface area contributed by atoms with Gasteiger partial charge in [0.25, 0.3) is 0 Å². The molecule has 3 rings (SSSR count). The number of nitrogens with zero attached hydrogens (tertiary/aromatic N) is 1. The smallest absolute Gasteiger partial charge is 0.0237 e. The first-order valence-corrected chi connectivity index (χ1v) is 8.44. The summed E-state index contributed by atoms with van der Waals surface area (Å²) in [5.41, 5.74) is 3.11. The second-order valence-corrected chi connectivity index (χ2v) is 6.44. The first-order valence-electron chi connectivity index (χ1n) is 8.44. The molecule has 20 heavy (non-hydrogen) atoms. The van der Waals surface area contributed by atoms with Crippen molar-refractivity contribution in [1.29, 1.82) is 0 Å². The molecule has 0 spiro atoms. The average molecular weight is 272 g/mol. The summed E-state index contributed by atoms with van der Waals surface area (Å²) in [5.74, 6) is 0. The van der Waals surface area contributed by atoms with Gasteiger partial charge in [0, 0.05) is 25.7 Å². The van der Waals surface area contributed by atoms with Crippen molar-refractivity contribution in [3.63, 3.8) is 0 Å². The molecule has 0 unspecified atom stereocenters. The van der Waals surface area contributed by atoms with Crippen molar-refractivity contribution in [3.8, 4) is 0 Å². The first-order chi connectivity index (χ1) is 9.92. The van der Waals surface area contributed by atoms with Gasteiger partial charge >= 0.3 is 0 Å². The van der Waals surface area contributed by atoms with Crippen molar-refractivity contribution < 1.29 is 0 Å². The van der Waals surface area contributed by atoms with Gasteiger partial charge in [-0.05, 0) is 43.4 Å². The molecule has 1 aromatic carbocycles. The van der Waals surface area contributed by atoms with Crippen molar-refractivity contribution in [1.82, 2.24) is 10.2 Å². The Morgan fingerprint density at radius 2 is 1.80 bits per heavy atom. The quantitative estimate of drug-likeness (QED) is 0.904. The topological polar surface area (TPSA) is 15.3 Å². The molecule has 2 nitrogen and oxygen atoms in total. The van der Waals surface area contributed by atoms with Crippen LogP contribution >= 0.6 is 0 Å². The molecule has 0 atom stereocenters. The van der Waals surface area contributed by atoms with Crippen molar-refractivity contribution in [2.75, 3.05) is 19.6 Å². The van der Waals surface area contributed by atoms with Gasteiger partial charge in [0.05, 0.1) is 0 Å². The molecule has 1 aliphatic carbocycles. The van der Waals surface area contributed by atoms with Gasteiger partial charge in [-0.2, -0.15) is 0 Å². The van der Waals surface area contributed by atoms with E-state index in [9.17, 15) is 0 Å². The summed E-state index contributed by atoms with van der Waals surface area (Å²) in [6.45, 7) is 4.75. The maximum absolute atomic E-state index is 3.77. The van der Waals surface area contributed by atoms with Crippen LogP contribution in [-0.4, -0.2) is 30.6 Å². The lowest BCUT2D eigenvalue weighted by Crippen LogP contribution is -2.38. The summed E-state index contributed by atoms with van der Waals surface area (Å²) in [6.07, 6.45) is 9.64. The minimum absolute atomic E-state index is 0.794. The molecule has 1 fully saturated rings. The van der Waals surface area contributed by atoms with Crippen LogP contribution in [0.15, 0.2) is 24.3 Å². The molecule has 2 heteroatoms. The summed E-state index contributed by atoms with van der Waals surface area (Å²) in [7, 11) is 0. The molecular weight excluding hydrogens is 244 g/mol. The van der Waals surface area contributed by atoms with Crippen LogP contribution in [0.25, 0.3) is 0 Å². The average Bonchev–Trinajstić information content (AvgIpc) is 2.70. The molecule has 1 heterocycles. The molecule has 110 valence electrons. The van der Waals surface area contributed by atoms with Crippen LogP contribution in [0.1, 0.15) is 49.7 Å². The van der Waals surface area contributed by atoms with Crippen molar-refractivity contribution in [2.24, 2.45) is 0 Å². The van der Waals surface area contributed by atoms with Crippen LogP contribution in [0.4, 0.5) is 0 Å². The molecule has 0 saturated heterocycles. The lowest BCUT2D eigenvalue weighted by atomic mass is 9.95. The zero-order valence-electron chi connectivity index (χ0n) is 12.6.